The molecule has 0 radical (unpaired) electrons. The van der Waals surface area contributed by atoms with Crippen LogP contribution in [0.1, 0.15) is 40.0 Å². The highest BCUT2D eigenvalue weighted by atomic mass is 16.7. The summed E-state index contributed by atoms with van der Waals surface area (Å²) in [5.41, 5.74) is 1.15. The third kappa shape index (κ3) is 2.97. The van der Waals surface area contributed by atoms with Gasteiger partial charge in [-0.2, -0.15) is 5.10 Å². The van der Waals surface area contributed by atoms with E-state index in [1.165, 1.54) is 0 Å². The maximum Gasteiger partial charge on any atom is 0.254 e. The fourth-order valence-corrected chi connectivity index (χ4v) is 3.41. The minimum atomic E-state index is -0.0781. The number of rotatable bonds is 4. The number of fused-ring (bicyclic) bond motifs is 1. The second-order valence-corrected chi connectivity index (χ2v) is 6.39. The zero-order valence-electron chi connectivity index (χ0n) is 14.0. The average Bonchev–Trinajstić information content (AvgIpc) is 3.33. The van der Waals surface area contributed by atoms with E-state index in [1.807, 2.05) is 0 Å². The zero-order valence-corrected chi connectivity index (χ0v) is 14.0. The van der Waals surface area contributed by atoms with Gasteiger partial charge in [0.2, 0.25) is 6.79 Å². The molecule has 0 bridgehead atoms. The maximum atomic E-state index is 12.9. The summed E-state index contributed by atoms with van der Waals surface area (Å²) < 4.78 is 12.2. The number of carbonyl (C=O) groups excluding carboxylic acids is 2. The van der Waals surface area contributed by atoms with Crippen molar-refractivity contribution in [2.45, 2.75) is 25.3 Å². The van der Waals surface area contributed by atoms with E-state index in [9.17, 15) is 9.59 Å². The summed E-state index contributed by atoms with van der Waals surface area (Å²) in [5, 5.41) is 4.04. The Labute approximate surface area is 145 Å². The molecule has 0 N–H and O–H groups in total. The molecule has 3 heterocycles. The van der Waals surface area contributed by atoms with Crippen LogP contribution in [0, 0.1) is 0 Å². The second-order valence-electron chi connectivity index (χ2n) is 6.39. The molecule has 1 aromatic heterocycles. The van der Waals surface area contributed by atoms with Gasteiger partial charge in [0.25, 0.3) is 5.91 Å². The SMILES string of the molecule is Cn1cc(C(=O)C[C@H]2CCCN2C(=O)c2ccc3c(c2)OCO3)cn1. The van der Waals surface area contributed by atoms with Gasteiger partial charge in [0.1, 0.15) is 0 Å². The molecule has 0 aliphatic carbocycles. The van der Waals surface area contributed by atoms with Crippen LogP contribution < -0.4 is 9.47 Å². The highest BCUT2D eigenvalue weighted by Gasteiger charge is 2.32. The fourth-order valence-electron chi connectivity index (χ4n) is 3.41. The maximum absolute atomic E-state index is 12.9. The summed E-state index contributed by atoms with van der Waals surface area (Å²) >= 11 is 0. The second kappa shape index (κ2) is 6.23. The molecule has 25 heavy (non-hydrogen) atoms. The number of ether oxygens (including phenoxy) is 2. The molecule has 4 rings (SSSR count). The van der Waals surface area contributed by atoms with Crippen molar-refractivity contribution in [3.63, 3.8) is 0 Å². The molecule has 1 atom stereocenters. The van der Waals surface area contributed by atoms with E-state index in [0.717, 1.165) is 12.8 Å². The fraction of sp³-hybridized carbons (Fsp3) is 0.389. The Balaban J connectivity index is 1.49. The van der Waals surface area contributed by atoms with Crippen molar-refractivity contribution >= 4 is 11.7 Å². The van der Waals surface area contributed by atoms with Crippen molar-refractivity contribution in [2.24, 2.45) is 7.05 Å². The van der Waals surface area contributed by atoms with Gasteiger partial charge in [-0.15, -0.1) is 0 Å². The van der Waals surface area contributed by atoms with E-state index < -0.39 is 0 Å². The Kier molecular flexibility index (Phi) is 3.91. The first kappa shape index (κ1) is 15.7. The van der Waals surface area contributed by atoms with Gasteiger partial charge in [0.15, 0.2) is 17.3 Å². The molecule has 130 valence electrons. The number of amides is 1. The molecular formula is C18H19N3O4. The van der Waals surface area contributed by atoms with Gasteiger partial charge in [-0.1, -0.05) is 0 Å². The molecule has 2 aromatic rings. The van der Waals surface area contributed by atoms with Crippen LogP contribution in [0.3, 0.4) is 0 Å². The molecule has 1 saturated heterocycles. The van der Waals surface area contributed by atoms with Crippen LogP contribution in [-0.4, -0.2) is 45.8 Å². The van der Waals surface area contributed by atoms with Crippen molar-refractivity contribution < 1.29 is 19.1 Å². The molecule has 1 amide bonds. The normalized spacial score (nSPS) is 18.6. The largest absolute Gasteiger partial charge is 0.454 e. The lowest BCUT2D eigenvalue weighted by Gasteiger charge is -2.24. The van der Waals surface area contributed by atoms with Gasteiger partial charge < -0.3 is 14.4 Å². The molecule has 7 heteroatoms. The van der Waals surface area contributed by atoms with Gasteiger partial charge >= 0.3 is 0 Å². The minimum absolute atomic E-state index is 0.0171. The van der Waals surface area contributed by atoms with E-state index in [-0.39, 0.29) is 24.5 Å². The lowest BCUT2D eigenvalue weighted by Crippen LogP contribution is -2.36. The number of aryl methyl sites for hydroxylation is 1. The summed E-state index contributed by atoms with van der Waals surface area (Å²) in [6.07, 6.45) is 5.34. The lowest BCUT2D eigenvalue weighted by atomic mass is 10.0. The van der Waals surface area contributed by atoms with Crippen LogP contribution in [0.5, 0.6) is 11.5 Å². The average molecular weight is 341 g/mol. The Morgan fingerprint density at radius 2 is 2.08 bits per heavy atom. The Morgan fingerprint density at radius 1 is 1.24 bits per heavy atom. The van der Waals surface area contributed by atoms with E-state index in [2.05, 4.69) is 5.10 Å². The van der Waals surface area contributed by atoms with Gasteiger partial charge in [0.05, 0.1) is 11.8 Å². The minimum Gasteiger partial charge on any atom is -0.454 e. The molecule has 7 nitrogen and oxygen atoms in total. The molecule has 0 spiro atoms. The van der Waals surface area contributed by atoms with Crippen LogP contribution in [0.25, 0.3) is 0 Å². The first-order valence-electron chi connectivity index (χ1n) is 8.34. The Hall–Kier alpha value is -2.83. The van der Waals surface area contributed by atoms with Crippen molar-refractivity contribution in [2.75, 3.05) is 13.3 Å². The van der Waals surface area contributed by atoms with E-state index in [0.29, 0.717) is 35.6 Å². The van der Waals surface area contributed by atoms with Crippen LogP contribution in [0.15, 0.2) is 30.6 Å². The van der Waals surface area contributed by atoms with Crippen molar-refractivity contribution in [3.05, 3.63) is 41.7 Å². The highest BCUT2D eigenvalue weighted by molar-refractivity contribution is 5.98. The Morgan fingerprint density at radius 3 is 2.88 bits per heavy atom. The van der Waals surface area contributed by atoms with Crippen molar-refractivity contribution in [1.82, 2.24) is 14.7 Å². The predicted octanol–water partition coefficient (Wildman–Crippen LogP) is 2.03. The van der Waals surface area contributed by atoms with Gasteiger partial charge in [-0.25, -0.2) is 0 Å². The summed E-state index contributed by atoms with van der Waals surface area (Å²) in [4.78, 5) is 27.1. The van der Waals surface area contributed by atoms with Crippen LogP contribution in [-0.2, 0) is 7.05 Å². The molecule has 2 aliphatic rings. The third-order valence-corrected chi connectivity index (χ3v) is 4.71. The molecule has 1 aromatic carbocycles. The van der Waals surface area contributed by atoms with Crippen LogP contribution in [0.2, 0.25) is 0 Å². The Bertz CT molecular complexity index is 829. The monoisotopic (exact) mass is 341 g/mol. The van der Waals surface area contributed by atoms with Gasteiger partial charge in [-0.05, 0) is 31.0 Å². The van der Waals surface area contributed by atoms with E-state index in [1.54, 1.807) is 47.2 Å². The van der Waals surface area contributed by atoms with Gasteiger partial charge in [0, 0.05) is 37.8 Å². The number of nitrogens with zero attached hydrogens (tertiary/aromatic N) is 3. The summed E-state index contributed by atoms with van der Waals surface area (Å²) in [6, 6.07) is 5.13. The van der Waals surface area contributed by atoms with Crippen molar-refractivity contribution in [1.29, 1.82) is 0 Å². The molecule has 0 saturated carbocycles. The summed E-state index contributed by atoms with van der Waals surface area (Å²) in [7, 11) is 1.78. The molecule has 0 unspecified atom stereocenters. The predicted molar refractivity (Wildman–Crippen MR) is 88.8 cm³/mol. The quantitative estimate of drug-likeness (QED) is 0.796. The number of ketones is 1. The molecular weight excluding hydrogens is 322 g/mol. The molecule has 2 aliphatic heterocycles. The van der Waals surface area contributed by atoms with Gasteiger partial charge in [-0.3, -0.25) is 14.3 Å². The topological polar surface area (TPSA) is 73.7 Å². The number of carbonyl (C=O) groups is 2. The van der Waals surface area contributed by atoms with E-state index >= 15 is 0 Å². The van der Waals surface area contributed by atoms with Crippen LogP contribution in [0.4, 0.5) is 0 Å². The third-order valence-electron chi connectivity index (χ3n) is 4.71. The molecule has 1 fully saturated rings. The summed E-state index contributed by atoms with van der Waals surface area (Å²) in [6.45, 7) is 0.844. The number of aromatic nitrogens is 2. The highest BCUT2D eigenvalue weighted by Crippen LogP contribution is 2.33. The first-order chi connectivity index (χ1) is 12.1. The summed E-state index contributed by atoms with van der Waals surface area (Å²) in [5.74, 6) is 1.19. The lowest BCUT2D eigenvalue weighted by molar-refractivity contribution is 0.0716. The van der Waals surface area contributed by atoms with Crippen LogP contribution >= 0.6 is 0 Å². The number of Topliss-reactive ketones (excluding diaryl/α,β-unsaturated/α-hetero) is 1. The van der Waals surface area contributed by atoms with E-state index in [4.69, 9.17) is 9.47 Å². The number of hydrogen-bond acceptors (Lipinski definition) is 5. The smallest absolute Gasteiger partial charge is 0.254 e. The van der Waals surface area contributed by atoms with Crippen molar-refractivity contribution in [3.8, 4) is 11.5 Å². The number of benzene rings is 1. The first-order valence-corrected chi connectivity index (χ1v) is 8.34. The zero-order chi connectivity index (χ0) is 17.4. The standard InChI is InChI=1S/C18H19N3O4/c1-20-10-13(9-19-20)15(22)8-14-3-2-6-21(14)18(23)12-4-5-16-17(7-12)25-11-24-16/h4-5,7,9-10,14H,2-3,6,8,11H2,1H3/t14-/m1/s1. The number of hydrogen-bond donors (Lipinski definition) is 0. The number of likely N-dealkylation sites (tertiary alicyclic amines) is 1.